The highest BCUT2D eigenvalue weighted by molar-refractivity contribution is 6.29. The number of carbonyl (C=O) groups is 2. The highest BCUT2D eigenvalue weighted by Gasteiger charge is 2.27. The molecule has 0 amide bonds. The smallest absolute Gasteiger partial charge is 0.339 e. The lowest BCUT2D eigenvalue weighted by atomic mass is 9.89. The Morgan fingerprint density at radius 3 is 2.36 bits per heavy atom. The van der Waals surface area contributed by atoms with Crippen LogP contribution in [0.25, 0.3) is 21.9 Å². The highest BCUT2D eigenvalue weighted by atomic mass is 35.5. The van der Waals surface area contributed by atoms with Gasteiger partial charge in [0.05, 0.1) is 32.5 Å². The van der Waals surface area contributed by atoms with Crippen LogP contribution in [0.15, 0.2) is 36.5 Å². The van der Waals surface area contributed by atoms with Crippen LogP contribution in [-0.2, 0) is 9.47 Å². The fraction of sp³-hybridized carbons (Fsp3) is 0.150. The number of hydrogen-bond acceptors (Lipinski definition) is 7. The molecule has 0 aliphatic heterocycles. The minimum atomic E-state index is -0.725. The summed E-state index contributed by atoms with van der Waals surface area (Å²) in [5.74, 6) is -1.36. The minimum absolute atomic E-state index is 0.00523. The van der Waals surface area contributed by atoms with E-state index in [1.54, 1.807) is 18.2 Å². The second-order valence-electron chi connectivity index (χ2n) is 5.77. The van der Waals surface area contributed by atoms with Crippen LogP contribution in [0.1, 0.15) is 20.7 Å². The average Bonchev–Trinajstić information content (AvgIpc) is 2.70. The second kappa shape index (κ2) is 7.74. The van der Waals surface area contributed by atoms with Gasteiger partial charge in [-0.1, -0.05) is 11.6 Å². The van der Waals surface area contributed by atoms with Crippen LogP contribution in [0.5, 0.6) is 11.5 Å². The van der Waals surface area contributed by atoms with Crippen molar-refractivity contribution in [3.8, 4) is 22.6 Å². The third-order valence-electron chi connectivity index (χ3n) is 4.25. The summed E-state index contributed by atoms with van der Waals surface area (Å²) in [6.45, 7) is 0. The number of benzene rings is 2. The van der Waals surface area contributed by atoms with Gasteiger partial charge in [-0.15, -0.1) is 0 Å². The van der Waals surface area contributed by atoms with Crippen LogP contribution in [-0.4, -0.2) is 43.4 Å². The summed E-state index contributed by atoms with van der Waals surface area (Å²) in [6.07, 6.45) is 1.48. The molecule has 0 saturated heterocycles. The van der Waals surface area contributed by atoms with Crippen molar-refractivity contribution in [2.45, 2.75) is 0 Å². The first-order valence-electron chi connectivity index (χ1n) is 8.07. The lowest BCUT2D eigenvalue weighted by molar-refractivity contribution is 0.0556. The average molecular weight is 402 g/mol. The molecule has 0 spiro atoms. The van der Waals surface area contributed by atoms with E-state index in [1.165, 1.54) is 39.7 Å². The van der Waals surface area contributed by atoms with Gasteiger partial charge in [-0.05, 0) is 46.7 Å². The molecule has 1 aromatic heterocycles. The number of hydrogen-bond donors (Lipinski definition) is 1. The molecule has 28 heavy (non-hydrogen) atoms. The molecule has 0 bridgehead atoms. The van der Waals surface area contributed by atoms with Crippen LogP contribution in [0.2, 0.25) is 5.15 Å². The number of halogens is 1. The van der Waals surface area contributed by atoms with Gasteiger partial charge >= 0.3 is 11.9 Å². The van der Waals surface area contributed by atoms with E-state index in [-0.39, 0.29) is 27.8 Å². The second-order valence-corrected chi connectivity index (χ2v) is 6.16. The first kappa shape index (κ1) is 19.4. The van der Waals surface area contributed by atoms with Gasteiger partial charge in [0.25, 0.3) is 0 Å². The molecular weight excluding hydrogens is 386 g/mol. The number of ether oxygens (including phenoxy) is 3. The first-order chi connectivity index (χ1) is 13.4. The number of rotatable bonds is 4. The summed E-state index contributed by atoms with van der Waals surface area (Å²) in [5, 5.41) is 11.4. The molecule has 0 atom stereocenters. The molecule has 144 valence electrons. The Morgan fingerprint density at radius 1 is 1.04 bits per heavy atom. The number of esters is 2. The number of carbonyl (C=O) groups excluding carboxylic acids is 2. The van der Waals surface area contributed by atoms with Crippen molar-refractivity contribution in [3.05, 3.63) is 52.8 Å². The zero-order chi connectivity index (χ0) is 20.4. The number of phenols is 1. The van der Waals surface area contributed by atoms with Gasteiger partial charge < -0.3 is 19.3 Å². The van der Waals surface area contributed by atoms with Crippen molar-refractivity contribution in [3.63, 3.8) is 0 Å². The van der Waals surface area contributed by atoms with Crippen LogP contribution < -0.4 is 4.74 Å². The summed E-state index contributed by atoms with van der Waals surface area (Å²) in [7, 11) is 3.84. The Kier molecular flexibility index (Phi) is 5.37. The van der Waals surface area contributed by atoms with Crippen molar-refractivity contribution < 1.29 is 28.9 Å². The largest absolute Gasteiger partial charge is 0.504 e. The quantitative estimate of drug-likeness (QED) is 0.524. The molecular formula is C20H16ClNO6. The van der Waals surface area contributed by atoms with Gasteiger partial charge in [0.2, 0.25) is 0 Å². The molecule has 0 aliphatic carbocycles. The van der Waals surface area contributed by atoms with Gasteiger partial charge in [-0.2, -0.15) is 0 Å². The molecule has 2 aromatic carbocycles. The van der Waals surface area contributed by atoms with Crippen molar-refractivity contribution >= 4 is 34.3 Å². The molecule has 7 nitrogen and oxygen atoms in total. The molecule has 1 heterocycles. The Labute approximate surface area is 165 Å². The monoisotopic (exact) mass is 401 g/mol. The molecule has 3 aromatic rings. The Bertz CT molecular complexity index is 1100. The Morgan fingerprint density at radius 2 is 1.75 bits per heavy atom. The maximum absolute atomic E-state index is 12.6. The normalized spacial score (nSPS) is 10.6. The summed E-state index contributed by atoms with van der Waals surface area (Å²) < 4.78 is 15.0. The summed E-state index contributed by atoms with van der Waals surface area (Å²) in [4.78, 5) is 29.0. The van der Waals surface area contributed by atoms with Crippen molar-refractivity contribution in [2.75, 3.05) is 21.3 Å². The maximum Gasteiger partial charge on any atom is 0.339 e. The van der Waals surface area contributed by atoms with E-state index in [4.69, 9.17) is 25.8 Å². The van der Waals surface area contributed by atoms with Crippen LogP contribution in [0.3, 0.4) is 0 Å². The van der Waals surface area contributed by atoms with Gasteiger partial charge in [0.15, 0.2) is 11.5 Å². The van der Waals surface area contributed by atoms with E-state index < -0.39 is 11.9 Å². The molecule has 0 saturated carbocycles. The molecule has 0 fully saturated rings. The third-order valence-corrected chi connectivity index (χ3v) is 4.46. The standard InChI is InChI=1S/C20H16ClNO6/c1-26-15-9-12-11(7-14(15)23)6-13(19(24)27-2)18(20(25)28-3)17(12)10-4-5-22-16(21)8-10/h4-9,23H,1-3H3. The highest BCUT2D eigenvalue weighted by Crippen LogP contribution is 2.40. The zero-order valence-corrected chi connectivity index (χ0v) is 16.0. The van der Waals surface area contributed by atoms with E-state index in [0.717, 1.165) is 0 Å². The van der Waals surface area contributed by atoms with Crippen molar-refractivity contribution in [2.24, 2.45) is 0 Å². The lowest BCUT2D eigenvalue weighted by Crippen LogP contribution is -2.14. The first-order valence-corrected chi connectivity index (χ1v) is 8.45. The Hall–Kier alpha value is -3.32. The summed E-state index contributed by atoms with van der Waals surface area (Å²) in [6, 6.07) is 7.67. The van der Waals surface area contributed by atoms with Gasteiger partial charge in [0.1, 0.15) is 5.15 Å². The number of nitrogens with zero attached hydrogens (tertiary/aromatic N) is 1. The van der Waals surface area contributed by atoms with Gasteiger partial charge in [-0.3, -0.25) is 0 Å². The predicted molar refractivity (Wildman–Crippen MR) is 103 cm³/mol. The van der Waals surface area contributed by atoms with Crippen LogP contribution >= 0.6 is 11.6 Å². The maximum atomic E-state index is 12.6. The van der Waals surface area contributed by atoms with Gasteiger partial charge in [-0.25, -0.2) is 14.6 Å². The van der Waals surface area contributed by atoms with E-state index >= 15 is 0 Å². The van der Waals surface area contributed by atoms with Crippen molar-refractivity contribution in [1.29, 1.82) is 0 Å². The van der Waals surface area contributed by atoms with Gasteiger partial charge in [0, 0.05) is 11.8 Å². The van der Waals surface area contributed by atoms with E-state index in [9.17, 15) is 14.7 Å². The van der Waals surface area contributed by atoms with E-state index in [1.807, 2.05) is 0 Å². The Balaban J connectivity index is 2.55. The predicted octanol–water partition coefficient (Wildman–Crippen LogP) is 3.84. The zero-order valence-electron chi connectivity index (χ0n) is 15.3. The number of aromatic nitrogens is 1. The minimum Gasteiger partial charge on any atom is -0.504 e. The lowest BCUT2D eigenvalue weighted by Gasteiger charge is -2.17. The number of fused-ring (bicyclic) bond motifs is 1. The molecule has 0 aliphatic rings. The molecule has 0 radical (unpaired) electrons. The third kappa shape index (κ3) is 3.32. The SMILES string of the molecule is COC(=O)c1cc2cc(O)c(OC)cc2c(-c2ccnc(Cl)c2)c1C(=O)OC. The van der Waals surface area contributed by atoms with Crippen LogP contribution in [0.4, 0.5) is 0 Å². The number of aromatic hydroxyl groups is 1. The summed E-state index contributed by atoms with van der Waals surface area (Å²) >= 11 is 6.04. The number of methoxy groups -OCH3 is 3. The number of phenolic OH excluding ortho intramolecular Hbond substituents is 1. The topological polar surface area (TPSA) is 95.0 Å². The molecule has 0 unspecified atom stereocenters. The van der Waals surface area contributed by atoms with Crippen molar-refractivity contribution in [1.82, 2.24) is 4.98 Å². The fourth-order valence-corrected chi connectivity index (χ4v) is 3.20. The summed E-state index contributed by atoms with van der Waals surface area (Å²) in [5.41, 5.74) is 0.919. The van der Waals surface area contributed by atoms with E-state index in [0.29, 0.717) is 21.9 Å². The molecule has 8 heteroatoms. The van der Waals surface area contributed by atoms with E-state index in [2.05, 4.69) is 4.98 Å². The fourth-order valence-electron chi connectivity index (χ4n) is 3.02. The molecule has 1 N–H and O–H groups in total. The molecule has 3 rings (SSSR count). The number of pyridine rings is 1. The van der Waals surface area contributed by atoms with Crippen LogP contribution in [0, 0.1) is 0 Å².